The van der Waals surface area contributed by atoms with Crippen molar-refractivity contribution < 1.29 is 4.74 Å². The summed E-state index contributed by atoms with van der Waals surface area (Å²) in [4.78, 5) is 0. The molecular weight excluding hydrogens is 176 g/mol. The molecule has 1 saturated heterocycles. The quantitative estimate of drug-likeness (QED) is 0.730. The van der Waals surface area contributed by atoms with Crippen LogP contribution in [-0.2, 0) is 11.3 Å². The molecule has 2 rings (SSSR count). The van der Waals surface area contributed by atoms with E-state index < -0.39 is 0 Å². The lowest BCUT2D eigenvalue weighted by Crippen LogP contribution is -2.29. The van der Waals surface area contributed by atoms with Gasteiger partial charge in [0.2, 0.25) is 0 Å². The van der Waals surface area contributed by atoms with Gasteiger partial charge in [0, 0.05) is 13.1 Å². The monoisotopic (exact) mass is 192 g/mol. The summed E-state index contributed by atoms with van der Waals surface area (Å²) in [6.45, 7) is 2.49. The first-order valence-electron chi connectivity index (χ1n) is 5.00. The second-order valence-electron chi connectivity index (χ2n) is 3.70. The van der Waals surface area contributed by atoms with Crippen LogP contribution in [0.1, 0.15) is 12.0 Å². The number of hydrazine groups is 1. The molecule has 1 aliphatic rings. The summed E-state index contributed by atoms with van der Waals surface area (Å²) in [7, 11) is 0. The van der Waals surface area contributed by atoms with Crippen LogP contribution in [0.4, 0.5) is 0 Å². The number of hydrogen-bond acceptors (Lipinski definition) is 3. The van der Waals surface area contributed by atoms with Crippen molar-refractivity contribution in [2.45, 2.75) is 19.1 Å². The van der Waals surface area contributed by atoms with Crippen molar-refractivity contribution in [1.82, 2.24) is 5.01 Å². The summed E-state index contributed by atoms with van der Waals surface area (Å²) >= 11 is 0. The first kappa shape index (κ1) is 9.65. The van der Waals surface area contributed by atoms with E-state index in [2.05, 4.69) is 12.1 Å². The number of nitrogens with two attached hydrogens (primary N) is 1. The molecule has 0 aliphatic carbocycles. The SMILES string of the molecule is NN1CC[C@@H](OCc2ccccc2)C1. The lowest BCUT2D eigenvalue weighted by atomic mass is 10.2. The molecule has 1 fully saturated rings. The van der Waals surface area contributed by atoms with E-state index in [0.29, 0.717) is 12.7 Å². The highest BCUT2D eigenvalue weighted by molar-refractivity contribution is 5.13. The van der Waals surface area contributed by atoms with Crippen molar-refractivity contribution in [1.29, 1.82) is 0 Å². The Labute approximate surface area is 84.4 Å². The number of hydrogen-bond donors (Lipinski definition) is 1. The maximum absolute atomic E-state index is 5.74. The second kappa shape index (κ2) is 4.55. The van der Waals surface area contributed by atoms with Crippen LogP contribution in [0.15, 0.2) is 30.3 Å². The largest absolute Gasteiger partial charge is 0.372 e. The van der Waals surface area contributed by atoms with Gasteiger partial charge < -0.3 is 4.74 Å². The molecule has 0 amide bonds. The first-order valence-corrected chi connectivity index (χ1v) is 5.00. The van der Waals surface area contributed by atoms with Crippen LogP contribution in [-0.4, -0.2) is 24.2 Å². The molecule has 2 N–H and O–H groups in total. The minimum atomic E-state index is 0.306. The third kappa shape index (κ3) is 2.54. The van der Waals surface area contributed by atoms with Crippen LogP contribution in [0.3, 0.4) is 0 Å². The highest BCUT2D eigenvalue weighted by Gasteiger charge is 2.20. The van der Waals surface area contributed by atoms with E-state index in [1.807, 2.05) is 23.2 Å². The predicted octanol–water partition coefficient (Wildman–Crippen LogP) is 1.15. The summed E-state index contributed by atoms with van der Waals surface area (Å²) in [5.41, 5.74) is 1.22. The lowest BCUT2D eigenvalue weighted by Gasteiger charge is -2.11. The smallest absolute Gasteiger partial charge is 0.0733 e. The maximum atomic E-state index is 5.74. The highest BCUT2D eigenvalue weighted by atomic mass is 16.5. The van der Waals surface area contributed by atoms with Gasteiger partial charge in [-0.3, -0.25) is 5.84 Å². The Morgan fingerprint density at radius 3 is 2.79 bits per heavy atom. The van der Waals surface area contributed by atoms with Crippen LogP contribution < -0.4 is 5.84 Å². The van der Waals surface area contributed by atoms with Gasteiger partial charge in [0.15, 0.2) is 0 Å². The van der Waals surface area contributed by atoms with Gasteiger partial charge in [-0.25, -0.2) is 5.01 Å². The molecule has 1 aromatic rings. The van der Waals surface area contributed by atoms with Crippen molar-refractivity contribution in [3.8, 4) is 0 Å². The Hall–Kier alpha value is -0.900. The highest BCUT2D eigenvalue weighted by Crippen LogP contribution is 2.11. The van der Waals surface area contributed by atoms with Gasteiger partial charge in [-0.05, 0) is 12.0 Å². The van der Waals surface area contributed by atoms with Crippen LogP contribution in [0.25, 0.3) is 0 Å². The zero-order valence-electron chi connectivity index (χ0n) is 8.23. The molecule has 0 spiro atoms. The molecule has 0 unspecified atom stereocenters. The molecule has 1 atom stereocenters. The van der Waals surface area contributed by atoms with Gasteiger partial charge in [-0.2, -0.15) is 0 Å². The molecule has 3 heteroatoms. The van der Waals surface area contributed by atoms with Gasteiger partial charge in [0.1, 0.15) is 0 Å². The van der Waals surface area contributed by atoms with E-state index in [-0.39, 0.29) is 0 Å². The summed E-state index contributed by atoms with van der Waals surface area (Å²) in [6.07, 6.45) is 1.35. The molecule has 1 heterocycles. The zero-order valence-corrected chi connectivity index (χ0v) is 8.23. The number of ether oxygens (including phenoxy) is 1. The van der Waals surface area contributed by atoms with Gasteiger partial charge in [0.05, 0.1) is 12.7 Å². The first-order chi connectivity index (χ1) is 6.84. The van der Waals surface area contributed by atoms with E-state index in [1.54, 1.807) is 0 Å². The summed E-state index contributed by atoms with van der Waals surface area (Å²) < 4.78 is 5.74. The molecule has 76 valence electrons. The van der Waals surface area contributed by atoms with Crippen molar-refractivity contribution in [3.05, 3.63) is 35.9 Å². The minimum absolute atomic E-state index is 0.306. The Morgan fingerprint density at radius 1 is 1.36 bits per heavy atom. The van der Waals surface area contributed by atoms with Gasteiger partial charge in [-0.15, -0.1) is 0 Å². The van der Waals surface area contributed by atoms with Gasteiger partial charge in [0.25, 0.3) is 0 Å². The van der Waals surface area contributed by atoms with Crippen LogP contribution in [0.5, 0.6) is 0 Å². The van der Waals surface area contributed by atoms with Crippen molar-refractivity contribution >= 4 is 0 Å². The molecule has 3 nitrogen and oxygen atoms in total. The summed E-state index contributed by atoms with van der Waals surface area (Å²) in [5.74, 6) is 5.65. The van der Waals surface area contributed by atoms with E-state index in [1.165, 1.54) is 5.56 Å². The topological polar surface area (TPSA) is 38.5 Å². The molecule has 0 bridgehead atoms. The van der Waals surface area contributed by atoms with Crippen molar-refractivity contribution in [3.63, 3.8) is 0 Å². The van der Waals surface area contributed by atoms with Crippen molar-refractivity contribution in [2.24, 2.45) is 5.84 Å². The number of benzene rings is 1. The minimum Gasteiger partial charge on any atom is -0.372 e. The van der Waals surface area contributed by atoms with E-state index >= 15 is 0 Å². The number of rotatable bonds is 3. The van der Waals surface area contributed by atoms with E-state index in [0.717, 1.165) is 19.5 Å². The van der Waals surface area contributed by atoms with Crippen molar-refractivity contribution in [2.75, 3.05) is 13.1 Å². The lowest BCUT2D eigenvalue weighted by molar-refractivity contribution is 0.0467. The van der Waals surface area contributed by atoms with Gasteiger partial charge in [-0.1, -0.05) is 30.3 Å². The summed E-state index contributed by atoms with van der Waals surface area (Å²) in [5, 5.41) is 1.82. The molecule has 0 radical (unpaired) electrons. The van der Waals surface area contributed by atoms with Crippen LogP contribution in [0, 0.1) is 0 Å². The predicted molar refractivity (Wildman–Crippen MR) is 55.4 cm³/mol. The molecule has 1 aliphatic heterocycles. The normalized spacial score (nSPS) is 22.8. The average Bonchev–Trinajstić information content (AvgIpc) is 2.63. The fourth-order valence-electron chi connectivity index (χ4n) is 1.68. The van der Waals surface area contributed by atoms with E-state index in [9.17, 15) is 0 Å². The van der Waals surface area contributed by atoms with Crippen LogP contribution in [0.2, 0.25) is 0 Å². The maximum Gasteiger partial charge on any atom is 0.0733 e. The Morgan fingerprint density at radius 2 is 2.14 bits per heavy atom. The fourth-order valence-corrected chi connectivity index (χ4v) is 1.68. The third-order valence-corrected chi connectivity index (χ3v) is 2.50. The molecule has 0 aromatic heterocycles. The zero-order chi connectivity index (χ0) is 9.80. The Kier molecular flexibility index (Phi) is 3.14. The Bertz CT molecular complexity index is 276. The fraction of sp³-hybridized carbons (Fsp3) is 0.455. The number of nitrogens with zero attached hydrogens (tertiary/aromatic N) is 1. The molecule has 1 aromatic carbocycles. The molecule has 14 heavy (non-hydrogen) atoms. The second-order valence-corrected chi connectivity index (χ2v) is 3.70. The van der Waals surface area contributed by atoms with Crippen LogP contribution >= 0.6 is 0 Å². The Balaban J connectivity index is 1.78. The standard InChI is InChI=1S/C11H16N2O/c12-13-7-6-11(8-13)14-9-10-4-2-1-3-5-10/h1-5,11H,6-9,12H2/t11-/m1/s1. The average molecular weight is 192 g/mol. The van der Waals surface area contributed by atoms with Gasteiger partial charge >= 0.3 is 0 Å². The molecular formula is C11H16N2O. The summed E-state index contributed by atoms with van der Waals surface area (Å²) in [6, 6.07) is 10.2. The third-order valence-electron chi connectivity index (χ3n) is 2.50. The van der Waals surface area contributed by atoms with E-state index in [4.69, 9.17) is 10.6 Å². The molecule has 0 saturated carbocycles.